The smallest absolute Gasteiger partial charge is 0.223 e. The van der Waals surface area contributed by atoms with Crippen LogP contribution < -0.4 is 11.1 Å². The molecule has 0 atom stereocenters. The van der Waals surface area contributed by atoms with Gasteiger partial charge in [-0.25, -0.2) is 9.98 Å². The normalized spacial score (nSPS) is 18.2. The van der Waals surface area contributed by atoms with Crippen LogP contribution in [0.25, 0.3) is 0 Å². The molecule has 0 aromatic carbocycles. The van der Waals surface area contributed by atoms with Gasteiger partial charge >= 0.3 is 0 Å². The van der Waals surface area contributed by atoms with E-state index in [9.17, 15) is 0 Å². The van der Waals surface area contributed by atoms with E-state index in [1.807, 2.05) is 13.0 Å². The van der Waals surface area contributed by atoms with Gasteiger partial charge in [0.1, 0.15) is 5.76 Å². The van der Waals surface area contributed by atoms with Crippen molar-refractivity contribution in [3.8, 4) is 0 Å². The molecule has 3 heterocycles. The first-order valence-corrected chi connectivity index (χ1v) is 9.39. The molecular weight excluding hydrogens is 451 g/mol. The largest absolute Gasteiger partial charge is 0.412 e. The van der Waals surface area contributed by atoms with E-state index in [1.54, 1.807) is 0 Å². The van der Waals surface area contributed by atoms with Gasteiger partial charge < -0.3 is 25.9 Å². The Hall–Kier alpha value is -1.42. The van der Waals surface area contributed by atoms with Crippen LogP contribution in [0.3, 0.4) is 0 Å². The molecular formula is C19H31Cl3N6O2. The molecule has 30 heavy (non-hydrogen) atoms. The Bertz CT molecular complexity index is 798. The lowest BCUT2D eigenvalue weighted by Crippen LogP contribution is -2.45. The summed E-state index contributed by atoms with van der Waals surface area (Å²) in [5.41, 5.74) is 9.72. The van der Waals surface area contributed by atoms with Gasteiger partial charge in [0.25, 0.3) is 0 Å². The second kappa shape index (κ2) is 13.1. The van der Waals surface area contributed by atoms with Crippen LogP contribution in [0.4, 0.5) is 0 Å². The fourth-order valence-corrected chi connectivity index (χ4v) is 3.73. The number of rotatable bonds is 5. The lowest BCUT2D eigenvalue weighted by atomic mass is 9.98. The molecule has 3 aliphatic rings. The Kier molecular flexibility index (Phi) is 12.5. The van der Waals surface area contributed by atoms with Gasteiger partial charge in [0, 0.05) is 51.1 Å². The first-order valence-electron chi connectivity index (χ1n) is 9.39. The molecule has 1 fully saturated rings. The fraction of sp³-hybridized carbons (Fsp3) is 0.526. The summed E-state index contributed by atoms with van der Waals surface area (Å²) in [6.45, 7) is 5.81. The Morgan fingerprint density at radius 1 is 1.20 bits per heavy atom. The van der Waals surface area contributed by atoms with Crippen molar-refractivity contribution in [1.82, 2.24) is 15.4 Å². The van der Waals surface area contributed by atoms with Crippen LogP contribution in [-0.4, -0.2) is 59.4 Å². The van der Waals surface area contributed by atoms with Gasteiger partial charge in [-0.2, -0.15) is 0 Å². The molecule has 0 radical (unpaired) electrons. The number of nitrogens with two attached hydrogens (primary N) is 1. The van der Waals surface area contributed by atoms with Crippen molar-refractivity contribution < 1.29 is 10.00 Å². The van der Waals surface area contributed by atoms with Gasteiger partial charge in [0.05, 0.1) is 17.1 Å². The Morgan fingerprint density at radius 2 is 1.93 bits per heavy atom. The molecule has 4 rings (SSSR count). The van der Waals surface area contributed by atoms with Crippen molar-refractivity contribution >= 4 is 48.9 Å². The molecule has 1 aliphatic carbocycles. The quantitative estimate of drug-likeness (QED) is 0.665. The summed E-state index contributed by atoms with van der Waals surface area (Å²) in [6.07, 6.45) is 8.00. The molecule has 170 valence electrons. The number of fused-ring (bicyclic) bond motifs is 1. The number of piperidine rings is 1. The molecule has 5 N–H and O–H groups in total. The zero-order chi connectivity index (χ0) is 17.9. The van der Waals surface area contributed by atoms with E-state index in [0.29, 0.717) is 12.5 Å². The van der Waals surface area contributed by atoms with Crippen LogP contribution in [0.15, 0.2) is 44.0 Å². The summed E-state index contributed by atoms with van der Waals surface area (Å²) >= 11 is 0. The van der Waals surface area contributed by atoms with E-state index in [2.05, 4.69) is 27.5 Å². The molecule has 1 aromatic rings. The topological polar surface area (TPSA) is 124 Å². The number of nitrogens with one attached hydrogen (secondary N) is 1. The second-order valence-electron chi connectivity index (χ2n) is 7.13. The lowest BCUT2D eigenvalue weighted by Gasteiger charge is -2.31. The third kappa shape index (κ3) is 6.80. The predicted octanol–water partition coefficient (Wildman–Crippen LogP) is 2.00. The molecule has 0 unspecified atom stereocenters. The monoisotopic (exact) mass is 480 g/mol. The number of aliphatic imine (C=N–C) groups is 2. The number of nitrogens with zero attached hydrogens (tertiary/aromatic N) is 4. The molecule has 0 saturated carbocycles. The van der Waals surface area contributed by atoms with Crippen LogP contribution in [0, 0.1) is 6.92 Å². The lowest BCUT2D eigenvalue weighted by molar-refractivity contribution is 0.211. The van der Waals surface area contributed by atoms with Gasteiger partial charge in [0.2, 0.25) is 5.96 Å². The van der Waals surface area contributed by atoms with E-state index in [4.69, 9.17) is 20.2 Å². The number of likely N-dealkylation sites (tertiary alicyclic amines) is 1. The maximum absolute atomic E-state index is 5.65. The van der Waals surface area contributed by atoms with Gasteiger partial charge in [-0.05, 0) is 25.3 Å². The maximum atomic E-state index is 5.65. The van der Waals surface area contributed by atoms with E-state index in [0.717, 1.165) is 79.8 Å². The summed E-state index contributed by atoms with van der Waals surface area (Å²) in [6, 6.07) is 2.40. The molecule has 8 nitrogen and oxygen atoms in total. The summed E-state index contributed by atoms with van der Waals surface area (Å²) in [5, 5.41) is 7.50. The number of hydrogen-bond acceptors (Lipinski definition) is 7. The highest BCUT2D eigenvalue weighted by Gasteiger charge is 2.25. The van der Waals surface area contributed by atoms with Crippen LogP contribution in [0.5, 0.6) is 0 Å². The summed E-state index contributed by atoms with van der Waals surface area (Å²) in [7, 11) is 0. The molecule has 2 aliphatic heterocycles. The zero-order valence-electron chi connectivity index (χ0n) is 17.0. The van der Waals surface area contributed by atoms with Gasteiger partial charge in [-0.3, -0.25) is 0 Å². The van der Waals surface area contributed by atoms with E-state index in [-0.39, 0.29) is 42.7 Å². The summed E-state index contributed by atoms with van der Waals surface area (Å²) in [4.78, 5) is 11.9. The molecule has 0 amide bonds. The molecule has 11 heteroatoms. The van der Waals surface area contributed by atoms with Crippen LogP contribution in [0.1, 0.15) is 30.7 Å². The van der Waals surface area contributed by atoms with Crippen molar-refractivity contribution in [2.45, 2.75) is 38.6 Å². The van der Waals surface area contributed by atoms with Crippen LogP contribution in [0.2, 0.25) is 0 Å². The number of allylic oxidation sites excluding steroid dienone is 4. The average Bonchev–Trinajstić information content (AvgIpc) is 3.23. The Morgan fingerprint density at radius 3 is 2.57 bits per heavy atom. The standard InChI is InChI=1S/C19H26N6O.3ClH.H2O/c1-13-11-16(26-24-13)12-14-3-2-4-17-18(14)23-19(22-17)21-15-5-8-25(9-6-15)10-7-20;;;;/h2-3,11,15H,4-10,12,20H2,1H3,(H,21,23);3*1H;1H2. The summed E-state index contributed by atoms with van der Waals surface area (Å²) < 4.78 is 5.36. The van der Waals surface area contributed by atoms with Crippen molar-refractivity contribution in [2.24, 2.45) is 15.7 Å². The van der Waals surface area contributed by atoms with Crippen molar-refractivity contribution in [3.05, 3.63) is 40.9 Å². The van der Waals surface area contributed by atoms with Crippen molar-refractivity contribution in [2.75, 3.05) is 26.2 Å². The number of aromatic nitrogens is 1. The fourth-order valence-electron chi connectivity index (χ4n) is 3.73. The maximum Gasteiger partial charge on any atom is 0.223 e. The molecule has 1 saturated heterocycles. The highest BCUT2D eigenvalue weighted by Crippen LogP contribution is 2.26. The Labute approximate surface area is 195 Å². The van der Waals surface area contributed by atoms with E-state index < -0.39 is 0 Å². The molecule has 1 aromatic heterocycles. The minimum Gasteiger partial charge on any atom is -0.412 e. The third-order valence-electron chi connectivity index (χ3n) is 5.07. The van der Waals surface area contributed by atoms with Crippen LogP contribution >= 0.6 is 37.2 Å². The number of halogens is 3. The SMILES string of the molecule is Cc1cc(CC2=C3N=C(NC4CCN(CCN)CC4)N=C3CC=C2)on1.Cl.Cl.Cl.O. The van der Waals surface area contributed by atoms with Gasteiger partial charge in [-0.1, -0.05) is 17.3 Å². The van der Waals surface area contributed by atoms with E-state index >= 15 is 0 Å². The number of guanidine groups is 1. The van der Waals surface area contributed by atoms with Crippen molar-refractivity contribution in [3.63, 3.8) is 0 Å². The van der Waals surface area contributed by atoms with Crippen molar-refractivity contribution in [1.29, 1.82) is 0 Å². The molecule has 0 spiro atoms. The minimum atomic E-state index is 0. The minimum absolute atomic E-state index is 0. The second-order valence-corrected chi connectivity index (χ2v) is 7.13. The highest BCUT2D eigenvalue weighted by molar-refractivity contribution is 6.14. The first-order chi connectivity index (χ1) is 12.7. The average molecular weight is 482 g/mol. The summed E-state index contributed by atoms with van der Waals surface area (Å²) in [5.74, 6) is 1.61. The zero-order valence-corrected chi connectivity index (χ0v) is 19.4. The Balaban J connectivity index is 0.00000210. The first kappa shape index (κ1) is 28.6. The van der Waals surface area contributed by atoms with Crippen LogP contribution in [-0.2, 0) is 6.42 Å². The predicted molar refractivity (Wildman–Crippen MR) is 128 cm³/mol. The highest BCUT2D eigenvalue weighted by atomic mass is 35.5. The van der Waals surface area contributed by atoms with Gasteiger partial charge in [0.15, 0.2) is 0 Å². The van der Waals surface area contributed by atoms with E-state index in [1.165, 1.54) is 0 Å². The number of aryl methyl sites for hydroxylation is 1. The van der Waals surface area contributed by atoms with Gasteiger partial charge in [-0.15, -0.1) is 37.2 Å². The molecule has 0 bridgehead atoms. The third-order valence-corrected chi connectivity index (χ3v) is 5.07. The number of hydrogen-bond donors (Lipinski definition) is 2.